The molecule has 0 fully saturated rings. The van der Waals surface area contributed by atoms with Crippen molar-refractivity contribution in [1.29, 1.82) is 0 Å². The number of nitrogens with one attached hydrogen (secondary N) is 2. The van der Waals surface area contributed by atoms with E-state index in [1.165, 1.54) is 0 Å². The van der Waals surface area contributed by atoms with Crippen LogP contribution in [0.4, 0.5) is 10.5 Å². The van der Waals surface area contributed by atoms with Crippen LogP contribution in [0.25, 0.3) is 0 Å². The number of urea groups is 1. The van der Waals surface area contributed by atoms with Crippen molar-refractivity contribution in [2.24, 2.45) is 5.92 Å². The molecule has 2 unspecified atom stereocenters. The van der Waals surface area contributed by atoms with Crippen molar-refractivity contribution < 1.29 is 14.6 Å². The molecule has 1 aromatic rings. The summed E-state index contributed by atoms with van der Waals surface area (Å²) in [5.74, 6) is 0.576. The summed E-state index contributed by atoms with van der Waals surface area (Å²) in [6.07, 6.45) is 0. The Balaban J connectivity index is 2.60. The van der Waals surface area contributed by atoms with E-state index in [0.29, 0.717) is 23.1 Å². The Morgan fingerprint density at radius 3 is 2.70 bits per heavy atom. The largest absolute Gasteiger partial charge is 0.492 e. The van der Waals surface area contributed by atoms with Crippen LogP contribution in [0.5, 0.6) is 5.75 Å². The summed E-state index contributed by atoms with van der Waals surface area (Å²) in [7, 11) is 0. The van der Waals surface area contributed by atoms with Crippen LogP contribution >= 0.6 is 11.6 Å². The Hall–Kier alpha value is -1.46. The summed E-state index contributed by atoms with van der Waals surface area (Å²) in [6, 6.07) is 4.60. The molecule has 0 bridgehead atoms. The molecular weight excluding hydrogens is 280 g/mol. The molecule has 112 valence electrons. The Morgan fingerprint density at radius 1 is 1.45 bits per heavy atom. The van der Waals surface area contributed by atoms with Gasteiger partial charge in [-0.05, 0) is 38.0 Å². The number of rotatable bonds is 6. The van der Waals surface area contributed by atoms with Crippen LogP contribution in [0.2, 0.25) is 5.02 Å². The fourth-order valence-corrected chi connectivity index (χ4v) is 1.76. The molecule has 0 heterocycles. The Bertz CT molecular complexity index is 454. The van der Waals surface area contributed by atoms with Crippen LogP contribution < -0.4 is 15.4 Å². The minimum atomic E-state index is -0.335. The van der Waals surface area contributed by atoms with E-state index in [0.717, 1.165) is 0 Å². The van der Waals surface area contributed by atoms with Crippen LogP contribution in [-0.4, -0.2) is 30.4 Å². The quantitative estimate of drug-likeness (QED) is 0.756. The second kappa shape index (κ2) is 7.97. The maximum atomic E-state index is 11.8. The molecule has 1 rings (SSSR count). The number of aliphatic hydroxyl groups is 1. The van der Waals surface area contributed by atoms with Crippen molar-refractivity contribution in [3.05, 3.63) is 23.2 Å². The van der Waals surface area contributed by atoms with Gasteiger partial charge in [0.05, 0.1) is 11.6 Å². The zero-order valence-electron chi connectivity index (χ0n) is 11.9. The van der Waals surface area contributed by atoms with Crippen molar-refractivity contribution >= 4 is 23.3 Å². The first-order chi connectivity index (χ1) is 9.47. The number of anilines is 1. The highest BCUT2D eigenvalue weighted by molar-refractivity contribution is 6.32. The Kier molecular flexibility index (Phi) is 6.61. The van der Waals surface area contributed by atoms with E-state index in [4.69, 9.17) is 21.4 Å². The van der Waals surface area contributed by atoms with Gasteiger partial charge in [-0.1, -0.05) is 18.5 Å². The summed E-state index contributed by atoms with van der Waals surface area (Å²) in [5, 5.41) is 14.9. The van der Waals surface area contributed by atoms with Gasteiger partial charge in [-0.25, -0.2) is 4.79 Å². The lowest BCUT2D eigenvalue weighted by molar-refractivity contribution is 0.204. The third kappa shape index (κ3) is 4.90. The summed E-state index contributed by atoms with van der Waals surface area (Å²) in [5.41, 5.74) is 0.583. The van der Waals surface area contributed by atoms with Gasteiger partial charge in [0.15, 0.2) is 0 Å². The fraction of sp³-hybridized carbons (Fsp3) is 0.500. The molecular formula is C14H21ClN2O3. The topological polar surface area (TPSA) is 70.6 Å². The highest BCUT2D eigenvalue weighted by atomic mass is 35.5. The van der Waals surface area contributed by atoms with E-state index in [-0.39, 0.29) is 24.6 Å². The molecule has 5 nitrogen and oxygen atoms in total. The lowest BCUT2D eigenvalue weighted by Crippen LogP contribution is -2.40. The van der Waals surface area contributed by atoms with Gasteiger partial charge in [-0.15, -0.1) is 0 Å². The molecule has 6 heteroatoms. The van der Waals surface area contributed by atoms with E-state index in [9.17, 15) is 4.79 Å². The fourth-order valence-electron chi connectivity index (χ4n) is 1.53. The number of hydrogen-bond acceptors (Lipinski definition) is 3. The normalized spacial score (nSPS) is 13.4. The number of benzene rings is 1. The average Bonchev–Trinajstić information content (AvgIpc) is 2.40. The monoisotopic (exact) mass is 300 g/mol. The number of halogens is 1. The van der Waals surface area contributed by atoms with Crippen molar-refractivity contribution in [2.45, 2.75) is 26.8 Å². The molecule has 0 spiro atoms. The summed E-state index contributed by atoms with van der Waals surface area (Å²) in [4.78, 5) is 11.8. The number of carbonyl (C=O) groups excluding carboxylic acids is 1. The molecule has 3 N–H and O–H groups in total. The first-order valence-electron chi connectivity index (χ1n) is 6.58. The highest BCUT2D eigenvalue weighted by Crippen LogP contribution is 2.27. The van der Waals surface area contributed by atoms with Gasteiger partial charge in [0.25, 0.3) is 0 Å². The summed E-state index contributed by atoms with van der Waals surface area (Å²) in [6.45, 7) is 6.13. The zero-order chi connectivity index (χ0) is 15.1. The number of aliphatic hydroxyl groups excluding tert-OH is 1. The molecule has 0 radical (unpaired) electrons. The van der Waals surface area contributed by atoms with Crippen LogP contribution in [0, 0.1) is 5.92 Å². The number of hydrogen-bond donors (Lipinski definition) is 3. The molecule has 0 aliphatic carbocycles. The molecule has 2 atom stereocenters. The van der Waals surface area contributed by atoms with E-state index in [1.807, 2.05) is 20.8 Å². The van der Waals surface area contributed by atoms with Crippen LogP contribution in [0.15, 0.2) is 18.2 Å². The molecule has 0 saturated carbocycles. The molecule has 0 aliphatic rings. The van der Waals surface area contributed by atoms with Crippen molar-refractivity contribution in [3.63, 3.8) is 0 Å². The van der Waals surface area contributed by atoms with Crippen LogP contribution in [-0.2, 0) is 0 Å². The van der Waals surface area contributed by atoms with Gasteiger partial charge >= 0.3 is 6.03 Å². The Morgan fingerprint density at radius 2 is 2.15 bits per heavy atom. The third-order valence-corrected chi connectivity index (χ3v) is 3.29. The smallest absolute Gasteiger partial charge is 0.319 e. The molecule has 0 aromatic heterocycles. The van der Waals surface area contributed by atoms with E-state index in [2.05, 4.69) is 10.6 Å². The van der Waals surface area contributed by atoms with Gasteiger partial charge in [0, 0.05) is 18.3 Å². The SMILES string of the molecule is CCOc1ccc(NC(=O)NC(C)C(C)CO)cc1Cl. The third-order valence-electron chi connectivity index (χ3n) is 2.99. The lowest BCUT2D eigenvalue weighted by atomic mass is 10.1. The zero-order valence-corrected chi connectivity index (χ0v) is 12.7. The van der Waals surface area contributed by atoms with Gasteiger partial charge in [0.2, 0.25) is 0 Å². The first-order valence-corrected chi connectivity index (χ1v) is 6.96. The number of ether oxygens (including phenoxy) is 1. The maximum Gasteiger partial charge on any atom is 0.319 e. The standard InChI is InChI=1S/C14H21ClN2O3/c1-4-20-13-6-5-11(7-12(13)15)17-14(19)16-10(3)9(2)8-18/h5-7,9-10,18H,4,8H2,1-3H3,(H2,16,17,19). The van der Waals surface area contributed by atoms with Crippen molar-refractivity contribution in [1.82, 2.24) is 5.32 Å². The maximum absolute atomic E-state index is 11.8. The average molecular weight is 301 g/mol. The number of carbonyl (C=O) groups is 1. The van der Waals surface area contributed by atoms with E-state index in [1.54, 1.807) is 18.2 Å². The van der Waals surface area contributed by atoms with Crippen LogP contribution in [0.1, 0.15) is 20.8 Å². The first kappa shape index (κ1) is 16.6. The Labute approximate surface area is 124 Å². The minimum absolute atomic E-state index is 0.00957. The molecule has 20 heavy (non-hydrogen) atoms. The highest BCUT2D eigenvalue weighted by Gasteiger charge is 2.14. The van der Waals surface area contributed by atoms with Gasteiger partial charge in [-0.2, -0.15) is 0 Å². The predicted octanol–water partition coefficient (Wildman–Crippen LogP) is 2.88. The minimum Gasteiger partial charge on any atom is -0.492 e. The molecule has 1 aromatic carbocycles. The molecule has 0 aliphatic heterocycles. The predicted molar refractivity (Wildman–Crippen MR) is 80.5 cm³/mol. The van der Waals surface area contributed by atoms with Crippen molar-refractivity contribution in [3.8, 4) is 5.75 Å². The van der Waals surface area contributed by atoms with Crippen LogP contribution in [0.3, 0.4) is 0 Å². The summed E-state index contributed by atoms with van der Waals surface area (Å²) >= 11 is 6.04. The number of amides is 2. The van der Waals surface area contributed by atoms with Gasteiger partial charge in [-0.3, -0.25) is 0 Å². The second-order valence-corrected chi connectivity index (χ2v) is 5.03. The molecule has 0 saturated heterocycles. The lowest BCUT2D eigenvalue weighted by Gasteiger charge is -2.19. The summed E-state index contributed by atoms with van der Waals surface area (Å²) < 4.78 is 5.32. The van der Waals surface area contributed by atoms with Gasteiger partial charge < -0.3 is 20.5 Å². The van der Waals surface area contributed by atoms with Crippen molar-refractivity contribution in [2.75, 3.05) is 18.5 Å². The second-order valence-electron chi connectivity index (χ2n) is 4.63. The van der Waals surface area contributed by atoms with E-state index < -0.39 is 0 Å². The molecule has 2 amide bonds. The van der Waals surface area contributed by atoms with E-state index >= 15 is 0 Å². The van der Waals surface area contributed by atoms with Gasteiger partial charge in [0.1, 0.15) is 5.75 Å².